The molecule has 3 heterocycles. The van der Waals surface area contributed by atoms with Crippen LogP contribution in [0, 0.1) is 0 Å². The van der Waals surface area contributed by atoms with Gasteiger partial charge in [0.25, 0.3) is 0 Å². The van der Waals surface area contributed by atoms with E-state index in [2.05, 4.69) is 15.3 Å². The Morgan fingerprint density at radius 3 is 2.36 bits per heavy atom. The van der Waals surface area contributed by atoms with Gasteiger partial charge in [-0.3, -0.25) is 24.4 Å². The summed E-state index contributed by atoms with van der Waals surface area (Å²) in [5.41, 5.74) is 0.0653. The van der Waals surface area contributed by atoms with Crippen molar-refractivity contribution >= 4 is 17.6 Å². The predicted molar refractivity (Wildman–Crippen MR) is 102 cm³/mol. The summed E-state index contributed by atoms with van der Waals surface area (Å²) in [6.07, 6.45) is 7.63. The molecule has 0 radical (unpaired) electrons. The van der Waals surface area contributed by atoms with Crippen LogP contribution < -0.4 is 5.32 Å². The number of rotatable bonds is 5. The molecule has 1 unspecified atom stereocenters. The monoisotopic (exact) mass is 384 g/mol. The first-order chi connectivity index (χ1) is 13.4. The van der Waals surface area contributed by atoms with Crippen molar-refractivity contribution in [2.75, 3.05) is 14.1 Å². The Hall–Kier alpha value is -3.13. The quantitative estimate of drug-likeness (QED) is 0.751. The Kier molecular flexibility index (Phi) is 7.34. The minimum atomic E-state index is -1.16. The molecule has 1 atom stereocenters. The van der Waals surface area contributed by atoms with Gasteiger partial charge in [0.1, 0.15) is 0 Å². The molecule has 0 aliphatic carbocycles. The Morgan fingerprint density at radius 2 is 1.86 bits per heavy atom. The number of aliphatic hydroxyl groups is 1. The van der Waals surface area contributed by atoms with Gasteiger partial charge in [0.15, 0.2) is 11.5 Å². The van der Waals surface area contributed by atoms with Crippen molar-refractivity contribution in [3.63, 3.8) is 0 Å². The summed E-state index contributed by atoms with van der Waals surface area (Å²) in [4.78, 5) is 42.8. The van der Waals surface area contributed by atoms with Crippen molar-refractivity contribution in [3.05, 3.63) is 60.2 Å². The number of ketones is 1. The lowest BCUT2D eigenvalue weighted by atomic mass is 10.0. The number of likely N-dealkylation sites (tertiary alicyclic amines) is 1. The first-order valence-electron chi connectivity index (χ1n) is 8.92. The number of carbonyl (C=O) groups excluding carboxylic acids is 3. The van der Waals surface area contributed by atoms with Crippen LogP contribution in [0.3, 0.4) is 0 Å². The minimum Gasteiger partial charge on any atom is -0.367 e. The number of amides is 2. The number of aromatic nitrogens is 2. The highest BCUT2D eigenvalue weighted by Gasteiger charge is 2.42. The van der Waals surface area contributed by atoms with Crippen LogP contribution in [-0.2, 0) is 15.3 Å². The van der Waals surface area contributed by atoms with E-state index in [4.69, 9.17) is 0 Å². The Balaban J connectivity index is 0.000000200. The Morgan fingerprint density at radius 1 is 1.18 bits per heavy atom. The second-order valence-corrected chi connectivity index (χ2v) is 6.35. The standard InChI is InChI=1S/2C10H12N2O2/c1-12-9(13)4-5-10(12,14)8-3-2-6-11-7-8;1-11-10(14)5-4-9(13)8-3-2-6-12-7-8/h2-3,6-7,14H,4-5H2,1H3;2-3,6-7H,4-5H2,1H3,(H,11,14). The van der Waals surface area contributed by atoms with E-state index < -0.39 is 5.72 Å². The van der Waals surface area contributed by atoms with Gasteiger partial charge in [0, 0.05) is 75.7 Å². The summed E-state index contributed by atoms with van der Waals surface area (Å²) in [7, 11) is 3.17. The third-order valence-corrected chi connectivity index (χ3v) is 4.58. The fourth-order valence-electron chi connectivity index (χ4n) is 2.78. The van der Waals surface area contributed by atoms with Crippen LogP contribution >= 0.6 is 0 Å². The minimum absolute atomic E-state index is 0.0312. The molecule has 3 rings (SSSR count). The van der Waals surface area contributed by atoms with Crippen LogP contribution in [-0.4, -0.2) is 51.7 Å². The number of carbonyl (C=O) groups is 3. The first-order valence-corrected chi connectivity index (χ1v) is 8.92. The van der Waals surface area contributed by atoms with Crippen LogP contribution in [0.15, 0.2) is 49.1 Å². The molecule has 148 valence electrons. The number of nitrogens with zero attached hydrogens (tertiary/aromatic N) is 3. The van der Waals surface area contributed by atoms with E-state index in [1.54, 1.807) is 57.0 Å². The lowest BCUT2D eigenvalue weighted by Gasteiger charge is -2.30. The molecular weight excluding hydrogens is 360 g/mol. The molecule has 1 aliphatic heterocycles. The zero-order valence-corrected chi connectivity index (χ0v) is 16.0. The molecule has 2 amide bonds. The SMILES string of the molecule is CN1C(=O)CCC1(O)c1cccnc1.CNC(=O)CCC(=O)c1cccnc1. The lowest BCUT2D eigenvalue weighted by Crippen LogP contribution is -2.40. The summed E-state index contributed by atoms with van der Waals surface area (Å²) in [5.74, 6) is -0.208. The maximum atomic E-state index is 11.4. The smallest absolute Gasteiger partial charge is 0.225 e. The molecule has 28 heavy (non-hydrogen) atoms. The number of Topliss-reactive ketones (excluding diaryl/α,β-unsaturated/α-hetero) is 1. The molecule has 8 nitrogen and oxygen atoms in total. The van der Waals surface area contributed by atoms with Crippen molar-refractivity contribution in [1.29, 1.82) is 0 Å². The zero-order valence-electron chi connectivity index (χ0n) is 16.0. The topological polar surface area (TPSA) is 112 Å². The van der Waals surface area contributed by atoms with E-state index in [0.717, 1.165) is 0 Å². The van der Waals surface area contributed by atoms with Gasteiger partial charge < -0.3 is 15.3 Å². The molecule has 1 aliphatic rings. The van der Waals surface area contributed by atoms with Crippen molar-refractivity contribution in [2.24, 2.45) is 0 Å². The van der Waals surface area contributed by atoms with Gasteiger partial charge >= 0.3 is 0 Å². The molecule has 1 fully saturated rings. The summed E-state index contributed by atoms with van der Waals surface area (Å²) < 4.78 is 0. The van der Waals surface area contributed by atoms with Crippen LogP contribution in [0.1, 0.15) is 41.6 Å². The molecular formula is C20H24N4O4. The Labute approximate surface area is 163 Å². The van der Waals surface area contributed by atoms with E-state index >= 15 is 0 Å². The van der Waals surface area contributed by atoms with Crippen LogP contribution in [0.2, 0.25) is 0 Å². The maximum absolute atomic E-state index is 11.4. The lowest BCUT2D eigenvalue weighted by molar-refractivity contribution is -0.142. The molecule has 2 aromatic heterocycles. The van der Waals surface area contributed by atoms with E-state index in [0.29, 0.717) is 24.0 Å². The summed E-state index contributed by atoms with van der Waals surface area (Å²) >= 11 is 0. The van der Waals surface area contributed by atoms with E-state index in [1.165, 1.54) is 11.1 Å². The highest BCUT2D eigenvalue weighted by Crippen LogP contribution is 2.35. The molecule has 8 heteroatoms. The molecule has 2 N–H and O–H groups in total. The maximum Gasteiger partial charge on any atom is 0.225 e. The van der Waals surface area contributed by atoms with Gasteiger partial charge in [-0.25, -0.2) is 0 Å². The highest BCUT2D eigenvalue weighted by molar-refractivity contribution is 5.97. The number of pyridine rings is 2. The molecule has 0 bridgehead atoms. The summed E-state index contributed by atoms with van der Waals surface area (Å²) in [5, 5.41) is 12.7. The number of hydrogen-bond donors (Lipinski definition) is 2. The highest BCUT2D eigenvalue weighted by atomic mass is 16.3. The van der Waals surface area contributed by atoms with Gasteiger partial charge in [-0.1, -0.05) is 6.07 Å². The fourth-order valence-corrected chi connectivity index (χ4v) is 2.78. The molecule has 2 aromatic rings. The van der Waals surface area contributed by atoms with Crippen LogP contribution in [0.5, 0.6) is 0 Å². The fraction of sp³-hybridized carbons (Fsp3) is 0.350. The second kappa shape index (κ2) is 9.70. The van der Waals surface area contributed by atoms with Gasteiger partial charge in [-0.15, -0.1) is 0 Å². The van der Waals surface area contributed by atoms with Gasteiger partial charge in [0.2, 0.25) is 11.8 Å². The van der Waals surface area contributed by atoms with E-state index in [9.17, 15) is 19.5 Å². The van der Waals surface area contributed by atoms with Crippen molar-refractivity contribution in [3.8, 4) is 0 Å². The molecule has 1 saturated heterocycles. The Bertz CT molecular complexity index is 813. The largest absolute Gasteiger partial charge is 0.367 e. The van der Waals surface area contributed by atoms with Crippen LogP contribution in [0.25, 0.3) is 0 Å². The summed E-state index contributed by atoms with van der Waals surface area (Å²) in [6, 6.07) is 6.93. The zero-order chi connectivity index (χ0) is 20.6. The van der Waals surface area contributed by atoms with Gasteiger partial charge in [-0.05, 0) is 18.2 Å². The van der Waals surface area contributed by atoms with Gasteiger partial charge in [-0.2, -0.15) is 0 Å². The van der Waals surface area contributed by atoms with E-state index in [-0.39, 0.29) is 30.4 Å². The van der Waals surface area contributed by atoms with Crippen molar-refractivity contribution < 1.29 is 19.5 Å². The van der Waals surface area contributed by atoms with Gasteiger partial charge in [0.05, 0.1) is 0 Å². The number of nitrogens with one attached hydrogen (secondary N) is 1. The first kappa shape index (κ1) is 21.2. The third kappa shape index (κ3) is 5.20. The normalized spacial score (nSPS) is 18.2. The third-order valence-electron chi connectivity index (χ3n) is 4.58. The molecule has 0 saturated carbocycles. The average Bonchev–Trinajstić information content (AvgIpc) is 3.02. The van der Waals surface area contributed by atoms with Crippen LogP contribution in [0.4, 0.5) is 0 Å². The average molecular weight is 384 g/mol. The number of hydrogen-bond acceptors (Lipinski definition) is 6. The van der Waals surface area contributed by atoms with Crippen molar-refractivity contribution in [1.82, 2.24) is 20.2 Å². The predicted octanol–water partition coefficient (Wildman–Crippen LogP) is 1.27. The molecule has 0 spiro atoms. The summed E-state index contributed by atoms with van der Waals surface area (Å²) in [6.45, 7) is 0. The second-order valence-electron chi connectivity index (χ2n) is 6.35. The van der Waals surface area contributed by atoms with Crippen molar-refractivity contribution in [2.45, 2.75) is 31.4 Å². The van der Waals surface area contributed by atoms with E-state index in [1.807, 2.05) is 0 Å². The molecule has 0 aromatic carbocycles.